The number of rotatable bonds is 4. The predicted molar refractivity (Wildman–Crippen MR) is 98.0 cm³/mol. The van der Waals surface area contributed by atoms with Crippen LogP contribution in [0.25, 0.3) is 11.2 Å². The number of nitrogens with zero attached hydrogens (tertiary/aromatic N) is 4. The standard InChI is InChI=1S/C19H20FN5O2/c1-3-13-11(2)14(20)19(27-13)25-10-23-15-16(21-9-22-17(15)25)24-18(26)12-7-5-4-6-8-12/h4-11,13-14,19H,3H2,1-2H3,(H,21,22,24,26)/t11-,13-,14-,19-/m1/s1. The Bertz CT molecular complexity index is 961. The molecule has 1 N–H and O–H groups in total. The molecule has 1 saturated heterocycles. The number of benzene rings is 1. The van der Waals surface area contributed by atoms with E-state index >= 15 is 0 Å². The van der Waals surface area contributed by atoms with Crippen molar-refractivity contribution < 1.29 is 13.9 Å². The first-order valence-corrected chi connectivity index (χ1v) is 8.93. The van der Waals surface area contributed by atoms with Crippen LogP contribution < -0.4 is 5.32 Å². The zero-order chi connectivity index (χ0) is 19.0. The zero-order valence-corrected chi connectivity index (χ0v) is 15.0. The van der Waals surface area contributed by atoms with Gasteiger partial charge in [0.15, 0.2) is 29.4 Å². The number of imidazole rings is 1. The van der Waals surface area contributed by atoms with Crippen molar-refractivity contribution in [2.24, 2.45) is 5.92 Å². The minimum Gasteiger partial charge on any atom is -0.351 e. The van der Waals surface area contributed by atoms with Gasteiger partial charge in [0.2, 0.25) is 0 Å². The monoisotopic (exact) mass is 369 g/mol. The van der Waals surface area contributed by atoms with E-state index in [-0.39, 0.29) is 23.7 Å². The number of aromatic nitrogens is 4. The number of hydrogen-bond acceptors (Lipinski definition) is 5. The summed E-state index contributed by atoms with van der Waals surface area (Å²) in [5, 5.41) is 2.74. The number of carbonyl (C=O) groups is 1. The molecule has 1 aliphatic rings. The number of amides is 1. The molecule has 8 heteroatoms. The molecular weight excluding hydrogens is 349 g/mol. The lowest BCUT2D eigenvalue weighted by Crippen LogP contribution is -2.20. The lowest BCUT2D eigenvalue weighted by Gasteiger charge is -2.15. The fourth-order valence-electron chi connectivity index (χ4n) is 3.43. The molecule has 2 aromatic heterocycles. The van der Waals surface area contributed by atoms with Gasteiger partial charge in [0, 0.05) is 11.5 Å². The van der Waals surface area contributed by atoms with Crippen LogP contribution in [0.5, 0.6) is 0 Å². The molecule has 140 valence electrons. The van der Waals surface area contributed by atoms with Gasteiger partial charge in [-0.3, -0.25) is 9.36 Å². The van der Waals surface area contributed by atoms with E-state index < -0.39 is 12.4 Å². The van der Waals surface area contributed by atoms with E-state index in [4.69, 9.17) is 4.74 Å². The largest absolute Gasteiger partial charge is 0.351 e. The van der Waals surface area contributed by atoms with Crippen LogP contribution >= 0.6 is 0 Å². The number of alkyl halides is 1. The molecule has 1 amide bonds. The number of fused-ring (bicyclic) bond motifs is 1. The third-order valence-electron chi connectivity index (χ3n) is 4.98. The molecule has 0 spiro atoms. The van der Waals surface area contributed by atoms with Crippen molar-refractivity contribution in [3.63, 3.8) is 0 Å². The number of anilines is 1. The fraction of sp³-hybridized carbons (Fsp3) is 0.368. The number of nitrogens with one attached hydrogen (secondary N) is 1. The Morgan fingerprint density at radius 3 is 2.74 bits per heavy atom. The summed E-state index contributed by atoms with van der Waals surface area (Å²) in [6.45, 7) is 3.82. The van der Waals surface area contributed by atoms with Crippen molar-refractivity contribution in [1.82, 2.24) is 19.5 Å². The number of ether oxygens (including phenoxy) is 1. The molecule has 0 unspecified atom stereocenters. The van der Waals surface area contributed by atoms with Crippen LogP contribution in [0.15, 0.2) is 43.0 Å². The van der Waals surface area contributed by atoms with Gasteiger partial charge in [-0.25, -0.2) is 19.3 Å². The van der Waals surface area contributed by atoms with Gasteiger partial charge >= 0.3 is 0 Å². The van der Waals surface area contributed by atoms with Gasteiger partial charge in [0.25, 0.3) is 5.91 Å². The quantitative estimate of drug-likeness (QED) is 0.763. The minimum absolute atomic E-state index is 0.151. The highest BCUT2D eigenvalue weighted by Gasteiger charge is 2.43. The summed E-state index contributed by atoms with van der Waals surface area (Å²) in [5.41, 5.74) is 1.32. The van der Waals surface area contributed by atoms with Gasteiger partial charge in [0.1, 0.15) is 6.33 Å². The second kappa shape index (κ2) is 7.03. The van der Waals surface area contributed by atoms with E-state index in [2.05, 4.69) is 20.3 Å². The predicted octanol–water partition coefficient (Wildman–Crippen LogP) is 3.36. The molecule has 0 aliphatic carbocycles. The molecule has 3 aromatic rings. The third-order valence-corrected chi connectivity index (χ3v) is 4.98. The summed E-state index contributed by atoms with van der Waals surface area (Å²) in [7, 11) is 0. The molecule has 3 heterocycles. The highest BCUT2D eigenvalue weighted by atomic mass is 19.1. The second-order valence-corrected chi connectivity index (χ2v) is 6.64. The van der Waals surface area contributed by atoms with E-state index in [0.717, 1.165) is 6.42 Å². The third kappa shape index (κ3) is 3.06. The smallest absolute Gasteiger partial charge is 0.256 e. The van der Waals surface area contributed by atoms with Crippen LogP contribution in [-0.4, -0.2) is 37.7 Å². The van der Waals surface area contributed by atoms with Gasteiger partial charge in [0.05, 0.1) is 12.4 Å². The van der Waals surface area contributed by atoms with E-state index in [1.165, 1.54) is 12.7 Å². The van der Waals surface area contributed by atoms with E-state index in [0.29, 0.717) is 16.7 Å². The lowest BCUT2D eigenvalue weighted by atomic mass is 10.00. The maximum atomic E-state index is 14.8. The van der Waals surface area contributed by atoms with Crippen molar-refractivity contribution >= 4 is 22.9 Å². The number of halogens is 1. The summed E-state index contributed by atoms with van der Waals surface area (Å²) in [5.74, 6) is -0.233. The molecule has 27 heavy (non-hydrogen) atoms. The number of hydrogen-bond donors (Lipinski definition) is 1. The Labute approximate surface area is 155 Å². The lowest BCUT2D eigenvalue weighted by molar-refractivity contribution is -0.0186. The van der Waals surface area contributed by atoms with E-state index in [1.54, 1.807) is 28.8 Å². The summed E-state index contributed by atoms with van der Waals surface area (Å²) >= 11 is 0. The fourth-order valence-corrected chi connectivity index (χ4v) is 3.43. The topological polar surface area (TPSA) is 81.9 Å². The van der Waals surface area contributed by atoms with Gasteiger partial charge in [-0.2, -0.15) is 0 Å². The molecule has 1 aromatic carbocycles. The molecule has 0 saturated carbocycles. The van der Waals surface area contributed by atoms with Crippen LogP contribution in [-0.2, 0) is 4.74 Å². The van der Waals surface area contributed by atoms with E-state index in [1.807, 2.05) is 19.9 Å². The Hall–Kier alpha value is -2.87. The van der Waals surface area contributed by atoms with Crippen LogP contribution in [0.2, 0.25) is 0 Å². The van der Waals surface area contributed by atoms with Crippen molar-refractivity contribution in [3.05, 3.63) is 48.5 Å². The average Bonchev–Trinajstić information content (AvgIpc) is 3.25. The SMILES string of the molecule is CC[C@H]1O[C@@H](n2cnc3c(NC(=O)c4ccccc4)ncnc32)[C@H](F)[C@@H]1C. The Morgan fingerprint density at radius 2 is 2.04 bits per heavy atom. The van der Waals surface area contributed by atoms with Gasteiger partial charge in [-0.1, -0.05) is 32.0 Å². The van der Waals surface area contributed by atoms with Crippen LogP contribution in [0, 0.1) is 5.92 Å². The van der Waals surface area contributed by atoms with Gasteiger partial charge < -0.3 is 10.1 Å². The molecule has 4 rings (SSSR count). The first kappa shape index (κ1) is 17.5. The van der Waals surface area contributed by atoms with Crippen molar-refractivity contribution in [2.45, 2.75) is 38.8 Å². The van der Waals surface area contributed by atoms with Crippen molar-refractivity contribution in [3.8, 4) is 0 Å². The van der Waals surface area contributed by atoms with Gasteiger partial charge in [-0.15, -0.1) is 0 Å². The zero-order valence-electron chi connectivity index (χ0n) is 15.0. The van der Waals surface area contributed by atoms with Gasteiger partial charge in [-0.05, 0) is 18.6 Å². The van der Waals surface area contributed by atoms with Crippen LogP contribution in [0.3, 0.4) is 0 Å². The van der Waals surface area contributed by atoms with Crippen molar-refractivity contribution in [2.75, 3.05) is 5.32 Å². The molecule has 0 bridgehead atoms. The molecule has 4 atom stereocenters. The van der Waals surface area contributed by atoms with Crippen molar-refractivity contribution in [1.29, 1.82) is 0 Å². The maximum Gasteiger partial charge on any atom is 0.256 e. The average molecular weight is 369 g/mol. The Morgan fingerprint density at radius 1 is 1.26 bits per heavy atom. The first-order chi connectivity index (χ1) is 13.1. The Balaban J connectivity index is 1.65. The normalized spacial score (nSPS) is 25.0. The summed E-state index contributed by atoms with van der Waals surface area (Å²) in [4.78, 5) is 25.1. The summed E-state index contributed by atoms with van der Waals surface area (Å²) in [6, 6.07) is 8.81. The number of carbonyl (C=O) groups excluding carboxylic acids is 1. The highest BCUT2D eigenvalue weighted by molar-refractivity contribution is 6.06. The second-order valence-electron chi connectivity index (χ2n) is 6.64. The summed E-state index contributed by atoms with van der Waals surface area (Å²) < 4.78 is 22.2. The molecule has 7 nitrogen and oxygen atoms in total. The van der Waals surface area contributed by atoms with Crippen LogP contribution in [0.4, 0.5) is 10.2 Å². The Kier molecular flexibility index (Phi) is 4.57. The van der Waals surface area contributed by atoms with E-state index in [9.17, 15) is 9.18 Å². The molecule has 1 aliphatic heterocycles. The summed E-state index contributed by atoms with van der Waals surface area (Å²) in [6.07, 6.45) is 1.44. The molecule has 1 fully saturated rings. The highest BCUT2D eigenvalue weighted by Crippen LogP contribution is 2.38. The van der Waals surface area contributed by atoms with Crippen LogP contribution in [0.1, 0.15) is 36.9 Å². The molecular formula is C19H20FN5O2. The first-order valence-electron chi connectivity index (χ1n) is 8.93. The molecule has 0 radical (unpaired) electrons. The minimum atomic E-state index is -1.16. The maximum absolute atomic E-state index is 14.8.